The minimum absolute atomic E-state index is 0.0141. The molecule has 11 nitrogen and oxygen atoms in total. The molecule has 0 aromatic heterocycles. The van der Waals surface area contributed by atoms with Gasteiger partial charge in [0, 0.05) is 18.5 Å². The summed E-state index contributed by atoms with van der Waals surface area (Å²) in [7, 11) is 0. The van der Waals surface area contributed by atoms with Crippen molar-refractivity contribution in [3.05, 3.63) is 0 Å². The highest BCUT2D eigenvalue weighted by Crippen LogP contribution is 2.32. The van der Waals surface area contributed by atoms with Gasteiger partial charge in [-0.15, -0.1) is 0 Å². The Hall–Kier alpha value is -2.98. The molecule has 0 spiro atoms. The fraction of sp³-hybridized carbons (Fsp3) is 0.793. The van der Waals surface area contributed by atoms with Gasteiger partial charge in [-0.05, 0) is 56.3 Å². The van der Waals surface area contributed by atoms with Gasteiger partial charge in [0.25, 0.3) is 5.91 Å². The molecule has 1 saturated heterocycles. The van der Waals surface area contributed by atoms with Crippen LogP contribution < -0.4 is 21.3 Å². The van der Waals surface area contributed by atoms with Gasteiger partial charge in [-0.1, -0.05) is 48.0 Å². The Morgan fingerprint density at radius 2 is 1.55 bits per heavy atom. The molecule has 0 aromatic rings. The summed E-state index contributed by atoms with van der Waals surface area (Å²) in [5.74, 6) is -2.35. The Kier molecular flexibility index (Phi) is 10.3. The van der Waals surface area contributed by atoms with Crippen LogP contribution in [0, 0.1) is 17.3 Å². The van der Waals surface area contributed by atoms with E-state index < -0.39 is 59.1 Å². The van der Waals surface area contributed by atoms with Gasteiger partial charge in [0.2, 0.25) is 17.6 Å². The molecule has 1 unspecified atom stereocenters. The molecule has 1 aliphatic heterocycles. The molecule has 3 fully saturated rings. The number of urea groups is 1. The maximum absolute atomic E-state index is 13.8. The molecule has 11 heteroatoms. The topological polar surface area (TPSA) is 154 Å². The first-order valence-electron chi connectivity index (χ1n) is 14.8. The summed E-state index contributed by atoms with van der Waals surface area (Å²) in [4.78, 5) is 79.4. The quantitative estimate of drug-likeness (QED) is 0.252. The lowest BCUT2D eigenvalue weighted by atomic mass is 9.85. The van der Waals surface area contributed by atoms with Crippen molar-refractivity contribution in [3.8, 4) is 0 Å². The van der Waals surface area contributed by atoms with Crippen molar-refractivity contribution in [2.75, 3.05) is 6.54 Å². The largest absolute Gasteiger partial charge is 0.347 e. The minimum Gasteiger partial charge on any atom is -0.347 e. The number of ketones is 2. The van der Waals surface area contributed by atoms with Crippen molar-refractivity contribution in [1.29, 1.82) is 0 Å². The van der Waals surface area contributed by atoms with Crippen LogP contribution in [0.5, 0.6) is 0 Å². The van der Waals surface area contributed by atoms with E-state index in [0.717, 1.165) is 25.7 Å². The van der Waals surface area contributed by atoms with Crippen LogP contribution in [-0.4, -0.2) is 77.0 Å². The molecule has 0 aromatic carbocycles. The number of carbonyl (C=O) groups is 6. The lowest BCUT2D eigenvalue weighted by Crippen LogP contribution is -2.61. The monoisotopic (exact) mass is 561 g/mol. The van der Waals surface area contributed by atoms with Crippen molar-refractivity contribution in [1.82, 2.24) is 26.2 Å². The molecular weight excluding hydrogens is 514 g/mol. The SMILES string of the molecule is CCCC(NC(=O)[C@@H]1CCCN1C(=O)[C@@H](NC(=O)N[C@H](C(=O)C1CC1)C(C)C)C(C)(C)C)C(=O)C(=O)NC1CC1. The maximum Gasteiger partial charge on any atom is 0.316 e. The predicted octanol–water partition coefficient (Wildman–Crippen LogP) is 1.83. The Balaban J connectivity index is 1.68. The number of likely N-dealkylation sites (tertiary alicyclic amines) is 1. The van der Waals surface area contributed by atoms with E-state index in [2.05, 4.69) is 21.3 Å². The fourth-order valence-electron chi connectivity index (χ4n) is 5.09. The molecule has 2 aliphatic carbocycles. The third-order valence-electron chi connectivity index (χ3n) is 7.81. The van der Waals surface area contributed by atoms with Crippen LogP contribution in [0.2, 0.25) is 0 Å². The third-order valence-corrected chi connectivity index (χ3v) is 7.81. The Labute approximate surface area is 237 Å². The summed E-state index contributed by atoms with van der Waals surface area (Å²) in [6.45, 7) is 11.4. The fourth-order valence-corrected chi connectivity index (χ4v) is 5.09. The van der Waals surface area contributed by atoms with Crippen LogP contribution >= 0.6 is 0 Å². The van der Waals surface area contributed by atoms with Crippen molar-refractivity contribution in [3.63, 3.8) is 0 Å². The number of amides is 5. The lowest BCUT2D eigenvalue weighted by molar-refractivity contribution is -0.143. The second-order valence-electron chi connectivity index (χ2n) is 13.0. The molecule has 4 atom stereocenters. The number of hydrogen-bond acceptors (Lipinski definition) is 6. The van der Waals surface area contributed by atoms with Gasteiger partial charge in [0.05, 0.1) is 12.1 Å². The van der Waals surface area contributed by atoms with E-state index in [9.17, 15) is 28.8 Å². The maximum atomic E-state index is 13.8. The molecule has 4 N–H and O–H groups in total. The van der Waals surface area contributed by atoms with Crippen LogP contribution in [-0.2, 0) is 24.0 Å². The summed E-state index contributed by atoms with van der Waals surface area (Å²) < 4.78 is 0. The van der Waals surface area contributed by atoms with Crippen LogP contribution in [0.1, 0.15) is 92.9 Å². The van der Waals surface area contributed by atoms with E-state index in [4.69, 9.17) is 0 Å². The number of Topliss-reactive ketones (excluding diaryl/α,β-unsaturated/α-hetero) is 2. The van der Waals surface area contributed by atoms with Gasteiger partial charge in [0.1, 0.15) is 12.1 Å². The normalized spacial score (nSPS) is 21.3. The van der Waals surface area contributed by atoms with E-state index >= 15 is 0 Å². The molecule has 3 aliphatic rings. The number of hydrogen-bond donors (Lipinski definition) is 4. The summed E-state index contributed by atoms with van der Waals surface area (Å²) in [6, 6.07) is -3.95. The zero-order valence-electron chi connectivity index (χ0n) is 24.8. The second-order valence-corrected chi connectivity index (χ2v) is 13.0. The number of carbonyl (C=O) groups excluding carboxylic acids is 6. The summed E-state index contributed by atoms with van der Waals surface area (Å²) in [6.07, 6.45) is 5.27. The van der Waals surface area contributed by atoms with Gasteiger partial charge in [-0.3, -0.25) is 24.0 Å². The zero-order chi connectivity index (χ0) is 29.8. The van der Waals surface area contributed by atoms with E-state index in [1.54, 1.807) is 0 Å². The third kappa shape index (κ3) is 8.27. The van der Waals surface area contributed by atoms with Crippen LogP contribution in [0.15, 0.2) is 0 Å². The standard InChI is InChI=1S/C29H47N5O6/c1-7-9-19(23(36)26(38)30-18-13-14-18)31-25(37)20-10-8-15-34(20)27(39)24(29(4,5)6)33-28(40)32-21(16(2)3)22(35)17-11-12-17/h16-21,24H,7-15H2,1-6H3,(H,30,38)(H,31,37)(H2,32,33,40)/t19?,20-,21-,24+/m0/s1. The first-order chi connectivity index (χ1) is 18.7. The Bertz CT molecular complexity index is 997. The highest BCUT2D eigenvalue weighted by molar-refractivity contribution is 6.38. The average molecular weight is 562 g/mol. The molecular formula is C29H47N5O6. The second kappa shape index (κ2) is 13.1. The minimum atomic E-state index is -0.965. The van der Waals surface area contributed by atoms with Gasteiger partial charge in [0.15, 0.2) is 5.78 Å². The summed E-state index contributed by atoms with van der Waals surface area (Å²) >= 11 is 0. The van der Waals surface area contributed by atoms with Crippen molar-refractivity contribution in [2.24, 2.45) is 17.3 Å². The average Bonchev–Trinajstić information content (AvgIpc) is 3.82. The van der Waals surface area contributed by atoms with Crippen LogP contribution in [0.25, 0.3) is 0 Å². The van der Waals surface area contributed by atoms with E-state index in [1.165, 1.54) is 4.90 Å². The van der Waals surface area contributed by atoms with Crippen LogP contribution in [0.3, 0.4) is 0 Å². The van der Waals surface area contributed by atoms with E-state index in [-0.39, 0.29) is 23.7 Å². The molecule has 0 bridgehead atoms. The first kappa shape index (κ1) is 31.5. The number of rotatable bonds is 13. The molecule has 224 valence electrons. The lowest BCUT2D eigenvalue weighted by Gasteiger charge is -2.36. The zero-order valence-corrected chi connectivity index (χ0v) is 24.8. The summed E-state index contributed by atoms with van der Waals surface area (Å²) in [5.41, 5.74) is -0.687. The molecule has 5 amide bonds. The van der Waals surface area contributed by atoms with E-state index in [1.807, 2.05) is 41.5 Å². The van der Waals surface area contributed by atoms with Gasteiger partial charge < -0.3 is 26.2 Å². The van der Waals surface area contributed by atoms with E-state index in [0.29, 0.717) is 32.2 Å². The van der Waals surface area contributed by atoms with Crippen molar-refractivity contribution >= 4 is 35.3 Å². The first-order valence-corrected chi connectivity index (χ1v) is 14.8. The molecule has 3 rings (SSSR count). The highest BCUT2D eigenvalue weighted by atomic mass is 16.2. The Morgan fingerprint density at radius 3 is 2.08 bits per heavy atom. The van der Waals surface area contributed by atoms with Crippen LogP contribution in [0.4, 0.5) is 4.79 Å². The van der Waals surface area contributed by atoms with Crippen molar-refractivity contribution in [2.45, 2.75) is 123 Å². The molecule has 0 radical (unpaired) electrons. The molecule has 2 saturated carbocycles. The highest BCUT2D eigenvalue weighted by Gasteiger charge is 2.44. The Morgan fingerprint density at radius 1 is 0.900 bits per heavy atom. The predicted molar refractivity (Wildman–Crippen MR) is 149 cm³/mol. The summed E-state index contributed by atoms with van der Waals surface area (Å²) in [5, 5.41) is 11.0. The van der Waals surface area contributed by atoms with Gasteiger partial charge in [-0.2, -0.15) is 0 Å². The number of nitrogens with one attached hydrogen (secondary N) is 4. The van der Waals surface area contributed by atoms with Gasteiger partial charge in [-0.25, -0.2) is 4.79 Å². The number of nitrogens with zero attached hydrogens (tertiary/aromatic N) is 1. The molecule has 40 heavy (non-hydrogen) atoms. The van der Waals surface area contributed by atoms with Gasteiger partial charge >= 0.3 is 6.03 Å². The molecule has 1 heterocycles. The smallest absolute Gasteiger partial charge is 0.316 e. The van der Waals surface area contributed by atoms with Crippen molar-refractivity contribution < 1.29 is 28.8 Å².